The summed E-state index contributed by atoms with van der Waals surface area (Å²) in [7, 11) is 0. The number of nitrogens with two attached hydrogens (primary N) is 1. The van der Waals surface area contributed by atoms with Crippen LogP contribution in [-0.2, 0) is 5.60 Å². The molecule has 1 aromatic carbocycles. The summed E-state index contributed by atoms with van der Waals surface area (Å²) in [5.41, 5.74) is 1.72. The SMILES string of the molecule is NCC(O)(c1ccccc1Br)C(F)(F)F. The quantitative estimate of drug-likeness (QED) is 0.874. The van der Waals surface area contributed by atoms with Gasteiger partial charge in [-0.1, -0.05) is 34.1 Å². The maximum absolute atomic E-state index is 12.6. The first-order chi connectivity index (χ1) is 6.83. The van der Waals surface area contributed by atoms with Crippen LogP contribution in [0.15, 0.2) is 28.7 Å². The third kappa shape index (κ3) is 2.16. The molecule has 0 aromatic heterocycles. The van der Waals surface area contributed by atoms with E-state index in [1.165, 1.54) is 18.2 Å². The summed E-state index contributed by atoms with van der Waals surface area (Å²) in [6.07, 6.45) is -4.80. The van der Waals surface area contributed by atoms with Crippen LogP contribution in [0.25, 0.3) is 0 Å². The minimum Gasteiger partial charge on any atom is -0.375 e. The molecule has 1 atom stereocenters. The highest BCUT2D eigenvalue weighted by Gasteiger charge is 2.54. The van der Waals surface area contributed by atoms with Crippen LogP contribution in [0.5, 0.6) is 0 Å². The molecule has 0 spiro atoms. The van der Waals surface area contributed by atoms with E-state index in [-0.39, 0.29) is 10.0 Å². The second kappa shape index (κ2) is 4.11. The van der Waals surface area contributed by atoms with Crippen LogP contribution in [0.3, 0.4) is 0 Å². The highest BCUT2D eigenvalue weighted by Crippen LogP contribution is 2.40. The molecule has 84 valence electrons. The standard InChI is InChI=1S/C9H9BrF3NO/c10-7-4-2-1-3-6(7)8(15,5-14)9(11,12)13/h1-4,15H,5,14H2. The van der Waals surface area contributed by atoms with Gasteiger partial charge < -0.3 is 10.8 Å². The number of benzene rings is 1. The van der Waals surface area contributed by atoms with Gasteiger partial charge in [-0.2, -0.15) is 13.2 Å². The molecule has 0 aliphatic rings. The highest BCUT2D eigenvalue weighted by atomic mass is 79.9. The van der Waals surface area contributed by atoms with Gasteiger partial charge >= 0.3 is 6.18 Å². The van der Waals surface area contributed by atoms with Crippen molar-refractivity contribution in [3.8, 4) is 0 Å². The summed E-state index contributed by atoms with van der Waals surface area (Å²) < 4.78 is 38.0. The number of hydrogen-bond donors (Lipinski definition) is 2. The van der Waals surface area contributed by atoms with E-state index in [2.05, 4.69) is 15.9 Å². The maximum atomic E-state index is 12.6. The van der Waals surface area contributed by atoms with E-state index in [1.54, 1.807) is 6.07 Å². The van der Waals surface area contributed by atoms with Crippen molar-refractivity contribution in [3.05, 3.63) is 34.3 Å². The third-order valence-corrected chi connectivity index (χ3v) is 2.78. The third-order valence-electron chi connectivity index (χ3n) is 2.08. The van der Waals surface area contributed by atoms with E-state index in [4.69, 9.17) is 5.73 Å². The smallest absolute Gasteiger partial charge is 0.375 e. The molecule has 1 aromatic rings. The molecule has 3 N–H and O–H groups in total. The Morgan fingerprint density at radius 3 is 2.20 bits per heavy atom. The van der Waals surface area contributed by atoms with Gasteiger partial charge in [-0.15, -0.1) is 0 Å². The van der Waals surface area contributed by atoms with Crippen molar-refractivity contribution >= 4 is 15.9 Å². The average Bonchev–Trinajstić information content (AvgIpc) is 2.15. The Morgan fingerprint density at radius 2 is 1.80 bits per heavy atom. The first-order valence-electron chi connectivity index (χ1n) is 4.07. The molecular weight excluding hydrogens is 275 g/mol. The summed E-state index contributed by atoms with van der Waals surface area (Å²) in [4.78, 5) is 0. The Morgan fingerprint density at radius 1 is 1.27 bits per heavy atom. The molecular formula is C9H9BrF3NO. The molecule has 0 aliphatic heterocycles. The van der Waals surface area contributed by atoms with Crippen molar-refractivity contribution in [2.45, 2.75) is 11.8 Å². The molecule has 2 nitrogen and oxygen atoms in total. The Hall–Kier alpha value is -0.590. The van der Waals surface area contributed by atoms with Crippen LogP contribution in [0.4, 0.5) is 13.2 Å². The fraction of sp³-hybridized carbons (Fsp3) is 0.333. The van der Waals surface area contributed by atoms with E-state index < -0.39 is 18.3 Å². The van der Waals surface area contributed by atoms with E-state index >= 15 is 0 Å². The summed E-state index contributed by atoms with van der Waals surface area (Å²) in [6, 6.07) is 5.57. The fourth-order valence-electron chi connectivity index (χ4n) is 1.18. The Kier molecular flexibility index (Phi) is 3.42. The van der Waals surface area contributed by atoms with Crippen LogP contribution < -0.4 is 5.73 Å². The zero-order valence-corrected chi connectivity index (χ0v) is 9.14. The molecule has 0 fully saturated rings. The number of hydrogen-bond acceptors (Lipinski definition) is 2. The lowest BCUT2D eigenvalue weighted by molar-refractivity contribution is -0.262. The van der Waals surface area contributed by atoms with Gasteiger partial charge in [0.05, 0.1) is 0 Å². The lowest BCUT2D eigenvalue weighted by atomic mass is 9.93. The van der Waals surface area contributed by atoms with Gasteiger partial charge in [-0.3, -0.25) is 0 Å². The molecule has 6 heteroatoms. The van der Waals surface area contributed by atoms with Gasteiger partial charge in [-0.25, -0.2) is 0 Å². The van der Waals surface area contributed by atoms with Crippen LogP contribution >= 0.6 is 15.9 Å². The molecule has 0 saturated heterocycles. The van der Waals surface area contributed by atoms with Crippen LogP contribution in [0.2, 0.25) is 0 Å². The van der Waals surface area contributed by atoms with E-state index in [0.717, 1.165) is 0 Å². The molecule has 0 amide bonds. The molecule has 0 aliphatic carbocycles. The van der Waals surface area contributed by atoms with Crippen molar-refractivity contribution < 1.29 is 18.3 Å². The zero-order valence-electron chi connectivity index (χ0n) is 7.55. The molecule has 1 unspecified atom stereocenters. The Bertz CT molecular complexity index is 355. The Labute approximate surface area is 93.0 Å². The minimum absolute atomic E-state index is 0.176. The average molecular weight is 284 g/mol. The summed E-state index contributed by atoms with van der Waals surface area (Å²) in [5.74, 6) is 0. The first kappa shape index (κ1) is 12.5. The van der Waals surface area contributed by atoms with Gasteiger partial charge in [0, 0.05) is 16.6 Å². The van der Waals surface area contributed by atoms with Crippen molar-refractivity contribution in [3.63, 3.8) is 0 Å². The van der Waals surface area contributed by atoms with Gasteiger partial charge in [0.1, 0.15) is 0 Å². The zero-order chi connectivity index (χ0) is 11.7. The molecule has 15 heavy (non-hydrogen) atoms. The number of alkyl halides is 3. The predicted molar refractivity (Wildman–Crippen MR) is 53.1 cm³/mol. The van der Waals surface area contributed by atoms with Gasteiger partial charge in [-0.05, 0) is 6.07 Å². The van der Waals surface area contributed by atoms with Crippen molar-refractivity contribution in [1.29, 1.82) is 0 Å². The van der Waals surface area contributed by atoms with Crippen molar-refractivity contribution in [1.82, 2.24) is 0 Å². The second-order valence-corrected chi connectivity index (χ2v) is 3.90. The first-order valence-corrected chi connectivity index (χ1v) is 4.86. The van der Waals surface area contributed by atoms with E-state index in [1.807, 2.05) is 0 Å². The molecule has 0 saturated carbocycles. The lowest BCUT2D eigenvalue weighted by Crippen LogP contribution is -2.48. The fourth-order valence-corrected chi connectivity index (χ4v) is 1.79. The molecule has 0 heterocycles. The van der Waals surface area contributed by atoms with Crippen LogP contribution in [-0.4, -0.2) is 17.8 Å². The largest absolute Gasteiger partial charge is 0.422 e. The minimum atomic E-state index is -4.80. The topological polar surface area (TPSA) is 46.2 Å². The summed E-state index contributed by atoms with van der Waals surface area (Å²) in [5, 5.41) is 9.53. The van der Waals surface area contributed by atoms with Crippen LogP contribution in [0.1, 0.15) is 5.56 Å². The van der Waals surface area contributed by atoms with Crippen molar-refractivity contribution in [2.24, 2.45) is 5.73 Å². The maximum Gasteiger partial charge on any atom is 0.422 e. The number of halogens is 4. The van der Waals surface area contributed by atoms with Crippen LogP contribution in [0, 0.1) is 0 Å². The normalized spacial score (nSPS) is 16.1. The monoisotopic (exact) mass is 283 g/mol. The van der Waals surface area contributed by atoms with Gasteiger partial charge in [0.25, 0.3) is 0 Å². The molecule has 1 rings (SSSR count). The van der Waals surface area contributed by atoms with E-state index in [0.29, 0.717) is 0 Å². The molecule has 0 bridgehead atoms. The molecule has 0 radical (unpaired) electrons. The van der Waals surface area contributed by atoms with Crippen molar-refractivity contribution in [2.75, 3.05) is 6.54 Å². The number of rotatable bonds is 2. The van der Waals surface area contributed by atoms with Gasteiger partial charge in [0.2, 0.25) is 0 Å². The van der Waals surface area contributed by atoms with E-state index in [9.17, 15) is 18.3 Å². The predicted octanol–water partition coefficient (Wildman–Crippen LogP) is 2.16. The van der Waals surface area contributed by atoms with Gasteiger partial charge in [0.15, 0.2) is 5.60 Å². The summed E-state index contributed by atoms with van der Waals surface area (Å²) >= 11 is 2.95. The second-order valence-electron chi connectivity index (χ2n) is 3.04. The lowest BCUT2D eigenvalue weighted by Gasteiger charge is -2.30. The number of aliphatic hydroxyl groups is 1. The summed E-state index contributed by atoms with van der Waals surface area (Å²) in [6.45, 7) is -0.918. The Balaban J connectivity index is 3.30. The highest BCUT2D eigenvalue weighted by molar-refractivity contribution is 9.10.